The number of fused-ring (bicyclic) bond motifs is 1. The van der Waals surface area contributed by atoms with Gasteiger partial charge in [0.2, 0.25) is 12.4 Å². The second-order valence-corrected chi connectivity index (χ2v) is 7.56. The standard InChI is InChI=1S/C21H22N8O2/c1-14-23-20(31-27-14)16-2-3-17-18(11-16)25-21(24-17)26-19-10-15(4-5-22-19)12-28-6-8-29(13-30)9-7-28/h2-5,10-11,13H,6-9,12H2,1H3,(H2,22,24,25,26). The predicted octanol–water partition coefficient (Wildman–Crippen LogP) is 2.33. The van der Waals surface area contributed by atoms with Crippen molar-refractivity contribution < 1.29 is 9.32 Å². The Morgan fingerprint density at radius 3 is 2.81 bits per heavy atom. The van der Waals surface area contributed by atoms with Crippen molar-refractivity contribution in [3.05, 3.63) is 47.9 Å². The molecule has 0 unspecified atom stereocenters. The first kappa shape index (κ1) is 19.2. The normalized spacial score (nSPS) is 14.8. The molecule has 0 spiro atoms. The number of anilines is 2. The molecule has 158 valence electrons. The third kappa shape index (κ3) is 4.24. The lowest BCUT2D eigenvalue weighted by Gasteiger charge is -2.32. The first-order valence-corrected chi connectivity index (χ1v) is 10.1. The third-order valence-electron chi connectivity index (χ3n) is 5.29. The Morgan fingerprint density at radius 1 is 1.16 bits per heavy atom. The molecule has 10 heteroatoms. The lowest BCUT2D eigenvalue weighted by Crippen LogP contribution is -2.45. The molecule has 10 nitrogen and oxygen atoms in total. The van der Waals surface area contributed by atoms with Crippen LogP contribution in [-0.2, 0) is 11.3 Å². The van der Waals surface area contributed by atoms with Crippen LogP contribution in [0.15, 0.2) is 41.1 Å². The van der Waals surface area contributed by atoms with Gasteiger partial charge in [-0.2, -0.15) is 4.98 Å². The van der Waals surface area contributed by atoms with Gasteiger partial charge in [-0.3, -0.25) is 9.69 Å². The van der Waals surface area contributed by atoms with E-state index in [1.54, 1.807) is 13.1 Å². The van der Waals surface area contributed by atoms with Crippen LogP contribution in [0.3, 0.4) is 0 Å². The van der Waals surface area contributed by atoms with Gasteiger partial charge in [0.15, 0.2) is 5.82 Å². The molecule has 0 saturated carbocycles. The molecule has 0 aliphatic carbocycles. The first-order valence-electron chi connectivity index (χ1n) is 10.1. The van der Waals surface area contributed by atoms with Gasteiger partial charge >= 0.3 is 0 Å². The zero-order valence-electron chi connectivity index (χ0n) is 17.1. The maximum absolute atomic E-state index is 10.9. The number of hydrogen-bond donors (Lipinski definition) is 2. The summed E-state index contributed by atoms with van der Waals surface area (Å²) in [4.78, 5) is 31.6. The zero-order chi connectivity index (χ0) is 21.2. The molecule has 1 aromatic carbocycles. The molecule has 0 bridgehead atoms. The molecule has 1 aliphatic heterocycles. The fourth-order valence-corrected chi connectivity index (χ4v) is 3.66. The van der Waals surface area contributed by atoms with Crippen LogP contribution in [-0.4, -0.2) is 67.5 Å². The van der Waals surface area contributed by atoms with Crippen molar-refractivity contribution in [2.24, 2.45) is 0 Å². The number of aromatic amines is 1. The SMILES string of the molecule is Cc1noc(-c2ccc3nc(Nc4cc(CN5CCN(C=O)CC5)ccn4)[nH]c3c2)n1. The topological polar surface area (TPSA) is 116 Å². The first-order chi connectivity index (χ1) is 15.2. The van der Waals surface area contributed by atoms with Crippen LogP contribution in [0.2, 0.25) is 0 Å². The molecule has 1 saturated heterocycles. The number of benzene rings is 1. The summed E-state index contributed by atoms with van der Waals surface area (Å²) in [5.41, 5.74) is 3.67. The van der Waals surface area contributed by atoms with E-state index in [1.165, 1.54) is 0 Å². The summed E-state index contributed by atoms with van der Waals surface area (Å²) in [5.74, 6) is 2.40. The second kappa shape index (κ2) is 8.15. The molecule has 0 atom stereocenters. The van der Waals surface area contributed by atoms with E-state index in [0.717, 1.165) is 67.1 Å². The monoisotopic (exact) mass is 418 g/mol. The molecule has 1 amide bonds. The number of H-pyrrole nitrogens is 1. The van der Waals surface area contributed by atoms with E-state index in [-0.39, 0.29) is 0 Å². The van der Waals surface area contributed by atoms with E-state index in [2.05, 4.69) is 35.3 Å². The number of nitrogens with one attached hydrogen (secondary N) is 2. The van der Waals surface area contributed by atoms with Crippen molar-refractivity contribution in [1.82, 2.24) is 34.9 Å². The Bertz CT molecular complexity index is 1210. The van der Waals surface area contributed by atoms with Gasteiger partial charge in [0, 0.05) is 44.5 Å². The highest BCUT2D eigenvalue weighted by atomic mass is 16.5. The maximum Gasteiger partial charge on any atom is 0.257 e. The largest absolute Gasteiger partial charge is 0.343 e. The number of pyridine rings is 1. The number of nitrogens with zero attached hydrogens (tertiary/aromatic N) is 6. The molecule has 3 aromatic heterocycles. The highest BCUT2D eigenvalue weighted by molar-refractivity contribution is 5.82. The van der Waals surface area contributed by atoms with Crippen LogP contribution in [0.1, 0.15) is 11.4 Å². The van der Waals surface area contributed by atoms with E-state index in [9.17, 15) is 4.79 Å². The van der Waals surface area contributed by atoms with Crippen molar-refractivity contribution in [2.75, 3.05) is 31.5 Å². The van der Waals surface area contributed by atoms with E-state index in [0.29, 0.717) is 17.7 Å². The summed E-state index contributed by atoms with van der Waals surface area (Å²) < 4.78 is 5.24. The van der Waals surface area contributed by atoms with Crippen LogP contribution >= 0.6 is 0 Å². The minimum Gasteiger partial charge on any atom is -0.343 e. The number of aryl methyl sites for hydroxylation is 1. The van der Waals surface area contributed by atoms with E-state index < -0.39 is 0 Å². The summed E-state index contributed by atoms with van der Waals surface area (Å²) >= 11 is 0. The smallest absolute Gasteiger partial charge is 0.257 e. The summed E-state index contributed by atoms with van der Waals surface area (Å²) in [7, 11) is 0. The Balaban J connectivity index is 1.29. The number of rotatable bonds is 6. The Kier molecular flexibility index (Phi) is 5.04. The van der Waals surface area contributed by atoms with Gasteiger partial charge in [-0.25, -0.2) is 9.97 Å². The van der Waals surface area contributed by atoms with Crippen molar-refractivity contribution in [2.45, 2.75) is 13.5 Å². The number of imidazole rings is 1. The van der Waals surface area contributed by atoms with Crippen molar-refractivity contribution in [3.63, 3.8) is 0 Å². The molecular weight excluding hydrogens is 396 g/mol. The number of piperazine rings is 1. The lowest BCUT2D eigenvalue weighted by atomic mass is 10.2. The molecule has 4 heterocycles. The van der Waals surface area contributed by atoms with Crippen LogP contribution in [0, 0.1) is 6.92 Å². The Morgan fingerprint density at radius 2 is 2.03 bits per heavy atom. The predicted molar refractivity (Wildman–Crippen MR) is 115 cm³/mol. The van der Waals surface area contributed by atoms with Gasteiger partial charge in [-0.05, 0) is 42.8 Å². The minimum atomic E-state index is 0.479. The molecule has 31 heavy (non-hydrogen) atoms. The van der Waals surface area contributed by atoms with Gasteiger partial charge in [0.05, 0.1) is 11.0 Å². The van der Waals surface area contributed by atoms with E-state index in [1.807, 2.05) is 35.2 Å². The van der Waals surface area contributed by atoms with Crippen LogP contribution in [0.4, 0.5) is 11.8 Å². The van der Waals surface area contributed by atoms with Gasteiger partial charge in [-0.15, -0.1) is 0 Å². The van der Waals surface area contributed by atoms with Gasteiger partial charge in [0.25, 0.3) is 5.89 Å². The molecule has 1 fully saturated rings. The zero-order valence-corrected chi connectivity index (χ0v) is 17.1. The quantitative estimate of drug-likeness (QED) is 0.458. The third-order valence-corrected chi connectivity index (χ3v) is 5.29. The average molecular weight is 418 g/mol. The average Bonchev–Trinajstić information content (AvgIpc) is 3.39. The van der Waals surface area contributed by atoms with E-state index in [4.69, 9.17) is 4.52 Å². The molecule has 0 radical (unpaired) electrons. The Labute approximate surface area is 178 Å². The fourth-order valence-electron chi connectivity index (χ4n) is 3.66. The Hall–Kier alpha value is -3.79. The van der Waals surface area contributed by atoms with Crippen molar-refractivity contribution in [3.8, 4) is 11.5 Å². The lowest BCUT2D eigenvalue weighted by molar-refractivity contribution is -0.119. The summed E-state index contributed by atoms with van der Waals surface area (Å²) in [5, 5.41) is 7.09. The maximum atomic E-state index is 10.9. The second-order valence-electron chi connectivity index (χ2n) is 7.56. The molecule has 1 aliphatic rings. The van der Waals surface area contributed by atoms with Gasteiger partial charge in [-0.1, -0.05) is 5.16 Å². The minimum absolute atomic E-state index is 0.479. The van der Waals surface area contributed by atoms with Crippen molar-refractivity contribution in [1.29, 1.82) is 0 Å². The number of carbonyl (C=O) groups excluding carboxylic acids is 1. The van der Waals surface area contributed by atoms with Crippen LogP contribution < -0.4 is 5.32 Å². The van der Waals surface area contributed by atoms with Crippen LogP contribution in [0.25, 0.3) is 22.5 Å². The summed E-state index contributed by atoms with van der Waals surface area (Å²) in [6, 6.07) is 9.78. The van der Waals surface area contributed by atoms with Gasteiger partial charge in [0.1, 0.15) is 5.82 Å². The molecule has 5 rings (SSSR count). The highest BCUT2D eigenvalue weighted by Gasteiger charge is 2.16. The number of amides is 1. The van der Waals surface area contributed by atoms with Crippen molar-refractivity contribution >= 4 is 29.2 Å². The van der Waals surface area contributed by atoms with Crippen LogP contribution in [0.5, 0.6) is 0 Å². The fraction of sp³-hybridized carbons (Fsp3) is 0.286. The van der Waals surface area contributed by atoms with E-state index >= 15 is 0 Å². The highest BCUT2D eigenvalue weighted by Crippen LogP contribution is 2.24. The summed E-state index contributed by atoms with van der Waals surface area (Å²) in [6.07, 6.45) is 2.71. The number of carbonyl (C=O) groups is 1. The number of aromatic nitrogens is 5. The molecule has 4 aromatic rings. The number of hydrogen-bond acceptors (Lipinski definition) is 8. The molecule has 2 N–H and O–H groups in total. The summed E-state index contributed by atoms with van der Waals surface area (Å²) in [6.45, 7) is 5.88. The van der Waals surface area contributed by atoms with Gasteiger partial charge < -0.3 is 19.7 Å². The molecular formula is C21H22N8O2.